The highest BCUT2D eigenvalue weighted by molar-refractivity contribution is 14.1. The number of thioether (sulfide) groups is 1. The number of furan rings is 1. The van der Waals surface area contributed by atoms with Crippen LogP contribution in [0.25, 0.3) is 6.08 Å². The number of hydrogen-bond acceptors (Lipinski definition) is 7. The van der Waals surface area contributed by atoms with Gasteiger partial charge in [0.25, 0.3) is 11.1 Å². The first-order chi connectivity index (χ1) is 12.4. The third-order valence-electron chi connectivity index (χ3n) is 3.51. The van der Waals surface area contributed by atoms with E-state index in [0.717, 1.165) is 16.7 Å². The Bertz CT molecular complexity index is 935. The molecule has 9 heteroatoms. The van der Waals surface area contributed by atoms with Gasteiger partial charge in [0.1, 0.15) is 11.5 Å². The van der Waals surface area contributed by atoms with Gasteiger partial charge in [-0.25, -0.2) is 4.79 Å². The van der Waals surface area contributed by atoms with E-state index >= 15 is 0 Å². The molecule has 0 spiro atoms. The Morgan fingerprint density at radius 1 is 1.35 bits per heavy atom. The van der Waals surface area contributed by atoms with Gasteiger partial charge in [-0.15, -0.1) is 0 Å². The molecule has 0 atom stereocenters. The van der Waals surface area contributed by atoms with Gasteiger partial charge in [0, 0.05) is 0 Å². The Morgan fingerprint density at radius 3 is 2.81 bits per heavy atom. The summed E-state index contributed by atoms with van der Waals surface area (Å²) in [6.45, 7) is -0.0773. The van der Waals surface area contributed by atoms with E-state index in [1.807, 2.05) is 22.6 Å². The van der Waals surface area contributed by atoms with Crippen LogP contribution in [0.3, 0.4) is 0 Å². The number of aromatic hydroxyl groups is 1. The van der Waals surface area contributed by atoms with Crippen molar-refractivity contribution >= 4 is 57.5 Å². The minimum atomic E-state index is -0.632. The SMILES string of the molecule is COC(=O)c1ccc(CN2C(=O)S/C(=C/c3ccc(O)c(I)c3)C2=O)o1. The van der Waals surface area contributed by atoms with Crippen molar-refractivity contribution in [3.63, 3.8) is 0 Å². The number of benzene rings is 1. The number of methoxy groups -OCH3 is 1. The van der Waals surface area contributed by atoms with Gasteiger partial charge >= 0.3 is 5.97 Å². The summed E-state index contributed by atoms with van der Waals surface area (Å²) in [4.78, 5) is 37.4. The van der Waals surface area contributed by atoms with Crippen LogP contribution < -0.4 is 0 Å². The maximum atomic E-state index is 12.5. The molecular formula is C17H12INO6S. The predicted molar refractivity (Wildman–Crippen MR) is 102 cm³/mol. The standard InChI is InChI=1S/C17H12INO6S/c1-24-16(22)13-5-3-10(25-13)8-19-15(21)14(26-17(19)23)7-9-2-4-12(20)11(18)6-9/h2-7,20H,8H2,1H3/b14-7+. The summed E-state index contributed by atoms with van der Waals surface area (Å²) in [6.07, 6.45) is 1.59. The Kier molecular flexibility index (Phi) is 5.37. The van der Waals surface area contributed by atoms with E-state index in [-0.39, 0.29) is 23.0 Å². The monoisotopic (exact) mass is 485 g/mol. The van der Waals surface area contributed by atoms with Crippen LogP contribution in [0.15, 0.2) is 39.7 Å². The molecule has 2 heterocycles. The Balaban J connectivity index is 1.78. The molecule has 2 aromatic rings. The van der Waals surface area contributed by atoms with Crippen LogP contribution >= 0.6 is 34.4 Å². The maximum absolute atomic E-state index is 12.5. The molecule has 1 aliphatic heterocycles. The number of imide groups is 1. The number of phenols is 1. The molecular weight excluding hydrogens is 473 g/mol. The molecule has 26 heavy (non-hydrogen) atoms. The fourth-order valence-electron chi connectivity index (χ4n) is 2.23. The molecule has 7 nitrogen and oxygen atoms in total. The number of esters is 1. The van der Waals surface area contributed by atoms with Crippen molar-refractivity contribution in [2.24, 2.45) is 0 Å². The van der Waals surface area contributed by atoms with Crippen LogP contribution in [-0.4, -0.2) is 34.2 Å². The van der Waals surface area contributed by atoms with E-state index in [9.17, 15) is 19.5 Å². The highest BCUT2D eigenvalue weighted by Crippen LogP contribution is 2.34. The van der Waals surface area contributed by atoms with Gasteiger partial charge in [0.15, 0.2) is 0 Å². The average molecular weight is 485 g/mol. The zero-order valence-electron chi connectivity index (χ0n) is 13.4. The summed E-state index contributed by atoms with van der Waals surface area (Å²) in [5.41, 5.74) is 0.698. The van der Waals surface area contributed by atoms with E-state index < -0.39 is 17.1 Å². The quantitative estimate of drug-likeness (QED) is 0.402. The van der Waals surface area contributed by atoms with Gasteiger partial charge in [0.2, 0.25) is 5.76 Å². The van der Waals surface area contributed by atoms with Crippen molar-refractivity contribution in [2.75, 3.05) is 7.11 Å². The number of halogens is 1. The number of ether oxygens (including phenoxy) is 1. The summed E-state index contributed by atoms with van der Waals surface area (Å²) in [5, 5.41) is 9.13. The van der Waals surface area contributed by atoms with Crippen molar-refractivity contribution in [1.29, 1.82) is 0 Å². The van der Waals surface area contributed by atoms with Crippen LogP contribution in [0, 0.1) is 3.57 Å². The predicted octanol–water partition coefficient (Wildman–Crippen LogP) is 3.61. The summed E-state index contributed by atoms with van der Waals surface area (Å²) >= 11 is 2.80. The number of carbonyl (C=O) groups is 3. The van der Waals surface area contributed by atoms with E-state index in [2.05, 4.69) is 4.74 Å². The molecule has 2 amide bonds. The lowest BCUT2D eigenvalue weighted by molar-refractivity contribution is -0.123. The summed E-state index contributed by atoms with van der Waals surface area (Å²) < 4.78 is 10.5. The van der Waals surface area contributed by atoms with Crippen LogP contribution in [0.5, 0.6) is 5.75 Å². The second kappa shape index (κ2) is 7.54. The number of carbonyl (C=O) groups excluding carboxylic acids is 3. The smallest absolute Gasteiger partial charge is 0.373 e. The molecule has 3 rings (SSSR count). The first-order valence-corrected chi connectivity index (χ1v) is 9.19. The van der Waals surface area contributed by atoms with Crippen LogP contribution in [0.4, 0.5) is 4.79 Å². The molecule has 1 aromatic heterocycles. The molecule has 134 valence electrons. The molecule has 0 aliphatic carbocycles. The number of hydrogen-bond donors (Lipinski definition) is 1. The summed E-state index contributed by atoms with van der Waals surface area (Å²) in [7, 11) is 1.23. The van der Waals surface area contributed by atoms with E-state index in [1.54, 1.807) is 18.2 Å². The van der Waals surface area contributed by atoms with E-state index in [4.69, 9.17) is 4.42 Å². The highest BCUT2D eigenvalue weighted by atomic mass is 127. The first-order valence-electron chi connectivity index (χ1n) is 7.30. The van der Waals surface area contributed by atoms with Gasteiger partial charge in [-0.1, -0.05) is 6.07 Å². The van der Waals surface area contributed by atoms with Gasteiger partial charge in [-0.05, 0) is 70.3 Å². The molecule has 1 aliphatic rings. The lowest BCUT2D eigenvalue weighted by atomic mass is 10.2. The van der Waals surface area contributed by atoms with Crippen LogP contribution in [-0.2, 0) is 16.1 Å². The number of rotatable bonds is 4. The Morgan fingerprint density at radius 2 is 2.12 bits per heavy atom. The topological polar surface area (TPSA) is 97.0 Å². The molecule has 0 bridgehead atoms. The average Bonchev–Trinajstić information content (AvgIpc) is 3.18. The fraction of sp³-hybridized carbons (Fsp3) is 0.118. The van der Waals surface area contributed by atoms with Gasteiger partial charge in [0.05, 0.1) is 22.1 Å². The number of phenolic OH excluding ortho intramolecular Hbond substituents is 1. The van der Waals surface area contributed by atoms with Gasteiger partial charge in [-0.3, -0.25) is 14.5 Å². The summed E-state index contributed by atoms with van der Waals surface area (Å²) in [6, 6.07) is 7.82. The van der Waals surface area contributed by atoms with Crippen molar-refractivity contribution < 1.29 is 28.6 Å². The molecule has 0 radical (unpaired) electrons. The minimum Gasteiger partial charge on any atom is -0.507 e. The van der Waals surface area contributed by atoms with Gasteiger partial charge < -0.3 is 14.3 Å². The van der Waals surface area contributed by atoms with Gasteiger partial charge in [-0.2, -0.15) is 0 Å². The van der Waals surface area contributed by atoms with E-state index in [0.29, 0.717) is 14.9 Å². The van der Waals surface area contributed by atoms with E-state index in [1.165, 1.54) is 25.3 Å². The molecule has 1 aromatic carbocycles. The number of nitrogens with zero attached hydrogens (tertiary/aromatic N) is 1. The Labute approximate surface area is 166 Å². The normalized spacial score (nSPS) is 15.8. The lowest BCUT2D eigenvalue weighted by Gasteiger charge is -2.09. The first kappa shape index (κ1) is 18.5. The highest BCUT2D eigenvalue weighted by Gasteiger charge is 2.35. The summed E-state index contributed by atoms with van der Waals surface area (Å²) in [5.74, 6) is -0.627. The molecule has 1 saturated heterocycles. The van der Waals surface area contributed by atoms with Crippen LogP contribution in [0.1, 0.15) is 21.9 Å². The van der Waals surface area contributed by atoms with Crippen molar-refractivity contribution in [2.45, 2.75) is 6.54 Å². The minimum absolute atomic E-state index is 0.00341. The van der Waals surface area contributed by atoms with Crippen molar-refractivity contribution in [3.8, 4) is 5.75 Å². The number of amides is 2. The largest absolute Gasteiger partial charge is 0.507 e. The zero-order chi connectivity index (χ0) is 18.8. The fourth-order valence-corrected chi connectivity index (χ4v) is 3.61. The second-order valence-corrected chi connectivity index (χ2v) is 7.39. The molecule has 0 saturated carbocycles. The molecule has 1 N–H and O–H groups in total. The third-order valence-corrected chi connectivity index (χ3v) is 5.28. The molecule has 1 fully saturated rings. The molecule has 0 unspecified atom stereocenters. The lowest BCUT2D eigenvalue weighted by Crippen LogP contribution is -2.27. The third kappa shape index (κ3) is 3.78. The van der Waals surface area contributed by atoms with Crippen molar-refractivity contribution in [3.05, 3.63) is 55.9 Å². The zero-order valence-corrected chi connectivity index (χ0v) is 16.4. The Hall–Kier alpha value is -2.27. The van der Waals surface area contributed by atoms with Crippen molar-refractivity contribution in [1.82, 2.24) is 4.90 Å². The van der Waals surface area contributed by atoms with Crippen LogP contribution in [0.2, 0.25) is 0 Å². The second-order valence-electron chi connectivity index (χ2n) is 5.24. The maximum Gasteiger partial charge on any atom is 0.373 e.